The van der Waals surface area contributed by atoms with Gasteiger partial charge in [0.1, 0.15) is 12.8 Å². The number of ether oxygens (including phenoxy) is 1. The van der Waals surface area contributed by atoms with E-state index in [4.69, 9.17) is 20.7 Å². The molecule has 0 fully saturated rings. The molecule has 0 aromatic heterocycles. The lowest BCUT2D eigenvalue weighted by molar-refractivity contribution is -0.122. The minimum Gasteiger partial charge on any atom is -0.394 e. The molecule has 2 unspecified atom stereocenters. The average Bonchev–Trinajstić information content (AvgIpc) is 2.74. The molecule has 0 aromatic carbocycles. The van der Waals surface area contributed by atoms with Crippen molar-refractivity contribution in [2.75, 3.05) is 19.9 Å². The van der Waals surface area contributed by atoms with Crippen LogP contribution in [0.15, 0.2) is 9.98 Å². The highest BCUT2D eigenvalue weighted by Crippen LogP contribution is 2.17. The van der Waals surface area contributed by atoms with Gasteiger partial charge in [-0.2, -0.15) is 0 Å². The average molecular weight is 257 g/mol. The predicted octanol–water partition coefficient (Wildman–Crippen LogP) is -3.20. The minimum absolute atomic E-state index is 0.0395. The molecule has 9 heteroatoms. The molecule has 2 aliphatic rings. The van der Waals surface area contributed by atoms with Crippen molar-refractivity contribution in [3.63, 3.8) is 0 Å². The third kappa shape index (κ3) is 2.42. The van der Waals surface area contributed by atoms with Gasteiger partial charge in [-0.1, -0.05) is 0 Å². The number of carbonyl (C=O) groups is 1. The highest BCUT2D eigenvalue weighted by molar-refractivity contribution is 6.02. The van der Waals surface area contributed by atoms with Crippen molar-refractivity contribution >= 4 is 18.2 Å². The Morgan fingerprint density at radius 3 is 2.94 bits per heavy atom. The third-order valence-electron chi connectivity index (χ3n) is 2.66. The number of guanidine groups is 1. The van der Waals surface area contributed by atoms with Crippen molar-refractivity contribution in [1.29, 1.82) is 0 Å². The van der Waals surface area contributed by atoms with Crippen molar-refractivity contribution < 1.29 is 19.7 Å². The maximum absolute atomic E-state index is 11.5. The van der Waals surface area contributed by atoms with Crippen LogP contribution in [-0.2, 0) is 9.53 Å². The Balaban J connectivity index is 1.97. The first kappa shape index (κ1) is 12.7. The molecule has 0 spiro atoms. The molecule has 100 valence electrons. The number of rotatable bonds is 5. The number of fused-ring (bicyclic) bond motifs is 1. The van der Waals surface area contributed by atoms with Gasteiger partial charge in [-0.15, -0.1) is 0 Å². The molecule has 0 saturated carbocycles. The van der Waals surface area contributed by atoms with Gasteiger partial charge in [0, 0.05) is 0 Å². The fraction of sp³-hybridized carbons (Fsp3) is 0.667. The van der Waals surface area contributed by atoms with E-state index in [1.807, 2.05) is 0 Å². The molecule has 0 bridgehead atoms. The van der Waals surface area contributed by atoms with E-state index in [9.17, 15) is 4.79 Å². The lowest BCUT2D eigenvalue weighted by Gasteiger charge is -2.28. The molecule has 2 aliphatic heterocycles. The first-order valence-corrected chi connectivity index (χ1v) is 5.42. The molecule has 0 radical (unpaired) electrons. The fourth-order valence-corrected chi connectivity index (χ4v) is 1.67. The second-order valence-electron chi connectivity index (χ2n) is 3.92. The zero-order valence-corrected chi connectivity index (χ0v) is 9.56. The number of aliphatic imine (C=N–C) groups is 2. The number of amides is 1. The lowest BCUT2D eigenvalue weighted by Crippen LogP contribution is -2.54. The quantitative estimate of drug-likeness (QED) is 0.410. The standard InChI is InChI=1S/C9H15N5O4/c10-9-12-7-6(8(17)13-9)11-3-14(7)4-18-5(1-15)2-16/h3,5-7,15-16H,1-2,4H2,(H3,10,12,13,17). The number of nitrogens with one attached hydrogen (secondary N) is 1. The molecule has 2 heterocycles. The highest BCUT2D eigenvalue weighted by atomic mass is 16.5. The SMILES string of the molecule is NC1=NC2C(N=CN2COC(CO)CO)C(=O)N1. The zero-order chi connectivity index (χ0) is 13.1. The maximum atomic E-state index is 11.5. The molecule has 18 heavy (non-hydrogen) atoms. The summed E-state index contributed by atoms with van der Waals surface area (Å²) in [4.78, 5) is 21.2. The van der Waals surface area contributed by atoms with Crippen LogP contribution in [0.4, 0.5) is 0 Å². The Labute approximate surface area is 103 Å². The summed E-state index contributed by atoms with van der Waals surface area (Å²) in [6, 6.07) is -0.636. The van der Waals surface area contributed by atoms with Crippen molar-refractivity contribution in [2.45, 2.75) is 18.3 Å². The summed E-state index contributed by atoms with van der Waals surface area (Å²) in [6.07, 6.45) is 0.246. The van der Waals surface area contributed by atoms with Crippen LogP contribution in [0.2, 0.25) is 0 Å². The van der Waals surface area contributed by atoms with Crippen LogP contribution in [0.1, 0.15) is 0 Å². The summed E-state index contributed by atoms with van der Waals surface area (Å²) in [7, 11) is 0. The number of hydrogen-bond acceptors (Lipinski definition) is 8. The van der Waals surface area contributed by atoms with Crippen molar-refractivity contribution in [3.8, 4) is 0 Å². The van der Waals surface area contributed by atoms with Crippen LogP contribution < -0.4 is 11.1 Å². The highest BCUT2D eigenvalue weighted by Gasteiger charge is 2.39. The Morgan fingerprint density at radius 2 is 2.28 bits per heavy atom. The fourth-order valence-electron chi connectivity index (χ4n) is 1.67. The number of nitrogens with zero attached hydrogens (tertiary/aromatic N) is 3. The van der Waals surface area contributed by atoms with Crippen LogP contribution in [0.5, 0.6) is 0 Å². The second kappa shape index (κ2) is 5.29. The Hall–Kier alpha value is -1.71. The molecule has 2 atom stereocenters. The molecule has 2 rings (SSSR count). The van der Waals surface area contributed by atoms with Crippen LogP contribution >= 0.6 is 0 Å². The van der Waals surface area contributed by atoms with E-state index in [0.29, 0.717) is 0 Å². The number of nitrogens with two attached hydrogens (primary N) is 1. The van der Waals surface area contributed by atoms with E-state index in [1.54, 1.807) is 4.90 Å². The first-order chi connectivity index (χ1) is 8.65. The van der Waals surface area contributed by atoms with E-state index >= 15 is 0 Å². The van der Waals surface area contributed by atoms with E-state index in [1.165, 1.54) is 6.34 Å². The van der Waals surface area contributed by atoms with Crippen LogP contribution in [0, 0.1) is 0 Å². The van der Waals surface area contributed by atoms with E-state index < -0.39 is 18.3 Å². The van der Waals surface area contributed by atoms with Crippen molar-refractivity contribution in [2.24, 2.45) is 15.7 Å². The number of aliphatic hydroxyl groups excluding tert-OH is 2. The third-order valence-corrected chi connectivity index (χ3v) is 2.66. The summed E-state index contributed by atoms with van der Waals surface area (Å²) in [6.45, 7) is -0.524. The molecule has 0 saturated heterocycles. The molecule has 0 aliphatic carbocycles. The van der Waals surface area contributed by atoms with Crippen LogP contribution in [0.25, 0.3) is 0 Å². The molecular formula is C9H15N5O4. The van der Waals surface area contributed by atoms with Gasteiger partial charge < -0.3 is 25.6 Å². The van der Waals surface area contributed by atoms with E-state index in [-0.39, 0.29) is 31.8 Å². The summed E-state index contributed by atoms with van der Waals surface area (Å²) in [5.74, 6) is -0.273. The first-order valence-electron chi connectivity index (χ1n) is 5.42. The van der Waals surface area contributed by atoms with Gasteiger partial charge in [-0.05, 0) is 0 Å². The predicted molar refractivity (Wildman–Crippen MR) is 61.6 cm³/mol. The van der Waals surface area contributed by atoms with Gasteiger partial charge in [0.15, 0.2) is 18.2 Å². The molecule has 0 aromatic rings. The Bertz CT molecular complexity index is 381. The van der Waals surface area contributed by atoms with Gasteiger partial charge in [-0.3, -0.25) is 15.1 Å². The number of carbonyl (C=O) groups excluding carboxylic acids is 1. The molecule has 9 nitrogen and oxygen atoms in total. The largest absolute Gasteiger partial charge is 0.394 e. The summed E-state index contributed by atoms with van der Waals surface area (Å²) in [5.41, 5.74) is 5.47. The Morgan fingerprint density at radius 1 is 1.56 bits per heavy atom. The summed E-state index contributed by atoms with van der Waals surface area (Å²) in [5, 5.41) is 20.1. The lowest BCUT2D eigenvalue weighted by atomic mass is 10.2. The van der Waals surface area contributed by atoms with Crippen molar-refractivity contribution in [3.05, 3.63) is 0 Å². The normalized spacial score (nSPS) is 26.3. The van der Waals surface area contributed by atoms with Gasteiger partial charge in [-0.25, -0.2) is 4.99 Å². The molecule has 1 amide bonds. The van der Waals surface area contributed by atoms with Gasteiger partial charge >= 0.3 is 0 Å². The van der Waals surface area contributed by atoms with Crippen LogP contribution in [-0.4, -0.2) is 71.6 Å². The number of hydrogen-bond donors (Lipinski definition) is 4. The summed E-state index contributed by atoms with van der Waals surface area (Å²) >= 11 is 0. The maximum Gasteiger partial charge on any atom is 0.255 e. The van der Waals surface area contributed by atoms with Gasteiger partial charge in [0.05, 0.1) is 19.6 Å². The van der Waals surface area contributed by atoms with E-state index in [2.05, 4.69) is 15.3 Å². The monoisotopic (exact) mass is 257 g/mol. The summed E-state index contributed by atoms with van der Waals surface area (Å²) < 4.78 is 5.24. The zero-order valence-electron chi connectivity index (χ0n) is 9.56. The van der Waals surface area contributed by atoms with Crippen LogP contribution in [0.3, 0.4) is 0 Å². The van der Waals surface area contributed by atoms with Gasteiger partial charge in [0.25, 0.3) is 5.91 Å². The van der Waals surface area contributed by atoms with Gasteiger partial charge in [0.2, 0.25) is 0 Å². The smallest absolute Gasteiger partial charge is 0.255 e. The Kier molecular flexibility index (Phi) is 3.75. The van der Waals surface area contributed by atoms with E-state index in [0.717, 1.165) is 0 Å². The molecule has 5 N–H and O–H groups in total. The second-order valence-corrected chi connectivity index (χ2v) is 3.92. The molecular weight excluding hydrogens is 242 g/mol. The van der Waals surface area contributed by atoms with Crippen molar-refractivity contribution in [1.82, 2.24) is 10.2 Å². The topological polar surface area (TPSA) is 133 Å². The minimum atomic E-state index is -0.670. The number of aliphatic hydroxyl groups is 2.